The SMILES string of the molecule is Cc1ccc(CNc2cc(C(=O)Nc3cccc(Cl)c3)ccn2)cc1. The molecule has 0 bridgehead atoms. The summed E-state index contributed by atoms with van der Waals surface area (Å²) in [6.45, 7) is 2.70. The lowest BCUT2D eigenvalue weighted by atomic mass is 10.1. The zero-order chi connectivity index (χ0) is 17.6. The van der Waals surface area contributed by atoms with E-state index >= 15 is 0 Å². The lowest BCUT2D eigenvalue weighted by Crippen LogP contribution is -2.12. The number of hydrogen-bond acceptors (Lipinski definition) is 3. The molecule has 1 amide bonds. The van der Waals surface area contributed by atoms with Crippen molar-refractivity contribution >= 4 is 29.0 Å². The molecule has 0 spiro atoms. The molecule has 5 heteroatoms. The quantitative estimate of drug-likeness (QED) is 0.686. The number of amides is 1. The lowest BCUT2D eigenvalue weighted by molar-refractivity contribution is 0.102. The van der Waals surface area contributed by atoms with Gasteiger partial charge in [-0.15, -0.1) is 0 Å². The monoisotopic (exact) mass is 351 g/mol. The molecule has 4 nitrogen and oxygen atoms in total. The third-order valence-electron chi connectivity index (χ3n) is 3.70. The molecule has 0 saturated heterocycles. The average molecular weight is 352 g/mol. The van der Waals surface area contributed by atoms with Gasteiger partial charge in [-0.05, 0) is 42.8 Å². The molecular formula is C20H18ClN3O. The van der Waals surface area contributed by atoms with Gasteiger partial charge in [-0.25, -0.2) is 4.98 Å². The molecule has 1 aromatic heterocycles. The molecule has 0 aliphatic carbocycles. The largest absolute Gasteiger partial charge is 0.366 e. The van der Waals surface area contributed by atoms with Crippen molar-refractivity contribution in [1.82, 2.24) is 4.98 Å². The number of aryl methyl sites for hydroxylation is 1. The van der Waals surface area contributed by atoms with Crippen molar-refractivity contribution in [2.75, 3.05) is 10.6 Å². The Labute approximate surface area is 151 Å². The highest BCUT2D eigenvalue weighted by molar-refractivity contribution is 6.30. The second-order valence-corrected chi connectivity index (χ2v) is 6.17. The molecule has 0 aliphatic heterocycles. The first-order chi connectivity index (χ1) is 12.1. The van der Waals surface area contributed by atoms with E-state index in [0.29, 0.717) is 28.6 Å². The predicted octanol–water partition coefficient (Wildman–Crippen LogP) is 4.91. The van der Waals surface area contributed by atoms with E-state index in [9.17, 15) is 4.79 Å². The number of hydrogen-bond donors (Lipinski definition) is 2. The summed E-state index contributed by atoms with van der Waals surface area (Å²) in [7, 11) is 0. The highest BCUT2D eigenvalue weighted by Gasteiger charge is 2.08. The summed E-state index contributed by atoms with van der Waals surface area (Å²) in [6, 6.07) is 18.7. The van der Waals surface area contributed by atoms with Crippen LogP contribution in [0.3, 0.4) is 0 Å². The number of nitrogens with zero attached hydrogens (tertiary/aromatic N) is 1. The van der Waals surface area contributed by atoms with Crippen molar-refractivity contribution in [3.8, 4) is 0 Å². The molecule has 1 heterocycles. The molecule has 0 atom stereocenters. The molecular weight excluding hydrogens is 334 g/mol. The van der Waals surface area contributed by atoms with Crippen molar-refractivity contribution in [1.29, 1.82) is 0 Å². The number of anilines is 2. The number of benzene rings is 2. The van der Waals surface area contributed by atoms with Crippen molar-refractivity contribution in [3.05, 3.63) is 88.6 Å². The van der Waals surface area contributed by atoms with Crippen molar-refractivity contribution in [2.45, 2.75) is 13.5 Å². The fourth-order valence-electron chi connectivity index (χ4n) is 2.34. The van der Waals surface area contributed by atoms with E-state index in [2.05, 4.69) is 46.8 Å². The number of halogens is 1. The van der Waals surface area contributed by atoms with Gasteiger partial charge in [0.2, 0.25) is 0 Å². The first kappa shape index (κ1) is 17.0. The van der Waals surface area contributed by atoms with Gasteiger partial charge in [0.1, 0.15) is 5.82 Å². The highest BCUT2D eigenvalue weighted by atomic mass is 35.5. The minimum absolute atomic E-state index is 0.206. The summed E-state index contributed by atoms with van der Waals surface area (Å²) in [5, 5.41) is 6.64. The molecule has 2 aromatic carbocycles. The van der Waals surface area contributed by atoms with E-state index in [1.165, 1.54) is 5.56 Å². The number of carbonyl (C=O) groups is 1. The van der Waals surface area contributed by atoms with E-state index in [4.69, 9.17) is 11.6 Å². The lowest BCUT2D eigenvalue weighted by Gasteiger charge is -2.09. The van der Waals surface area contributed by atoms with Gasteiger partial charge in [-0.1, -0.05) is 47.5 Å². The third kappa shape index (κ3) is 4.81. The Bertz CT molecular complexity index is 878. The summed E-state index contributed by atoms with van der Waals surface area (Å²) in [5.41, 5.74) is 3.56. The number of carbonyl (C=O) groups excluding carboxylic acids is 1. The maximum Gasteiger partial charge on any atom is 0.255 e. The molecule has 126 valence electrons. The second kappa shape index (κ2) is 7.81. The summed E-state index contributed by atoms with van der Waals surface area (Å²) in [5.74, 6) is 0.447. The molecule has 0 radical (unpaired) electrons. The zero-order valence-electron chi connectivity index (χ0n) is 13.8. The molecule has 0 aliphatic rings. The van der Waals surface area contributed by atoms with E-state index in [-0.39, 0.29) is 5.91 Å². The Balaban J connectivity index is 1.66. The van der Waals surface area contributed by atoms with Crippen LogP contribution in [0.15, 0.2) is 66.9 Å². The summed E-state index contributed by atoms with van der Waals surface area (Å²) in [6.07, 6.45) is 1.62. The predicted molar refractivity (Wildman–Crippen MR) is 102 cm³/mol. The standard InChI is InChI=1S/C20H18ClN3O/c1-14-5-7-15(8-6-14)13-23-19-11-16(9-10-22-19)20(25)24-18-4-2-3-17(21)12-18/h2-12H,13H2,1H3,(H,22,23)(H,24,25). The maximum atomic E-state index is 12.4. The molecule has 0 fully saturated rings. The van der Waals surface area contributed by atoms with Gasteiger partial charge in [0.25, 0.3) is 5.91 Å². The van der Waals surface area contributed by atoms with Crippen LogP contribution < -0.4 is 10.6 Å². The summed E-state index contributed by atoms with van der Waals surface area (Å²) >= 11 is 5.94. The molecule has 25 heavy (non-hydrogen) atoms. The van der Waals surface area contributed by atoms with Crippen LogP contribution in [0.2, 0.25) is 5.02 Å². The van der Waals surface area contributed by atoms with Gasteiger partial charge in [-0.3, -0.25) is 4.79 Å². The fraction of sp³-hybridized carbons (Fsp3) is 0.100. The first-order valence-electron chi connectivity index (χ1n) is 7.92. The van der Waals surface area contributed by atoms with E-state index in [1.54, 1.807) is 42.6 Å². The Morgan fingerprint density at radius 1 is 1.08 bits per heavy atom. The van der Waals surface area contributed by atoms with E-state index < -0.39 is 0 Å². The van der Waals surface area contributed by atoms with Crippen LogP contribution in [0.4, 0.5) is 11.5 Å². The first-order valence-corrected chi connectivity index (χ1v) is 8.30. The number of aromatic nitrogens is 1. The normalized spacial score (nSPS) is 10.3. The third-order valence-corrected chi connectivity index (χ3v) is 3.93. The van der Waals surface area contributed by atoms with E-state index in [0.717, 1.165) is 5.56 Å². The van der Waals surface area contributed by atoms with Crippen molar-refractivity contribution in [2.24, 2.45) is 0 Å². The zero-order valence-corrected chi connectivity index (χ0v) is 14.5. The minimum atomic E-state index is -0.206. The molecule has 0 unspecified atom stereocenters. The van der Waals surface area contributed by atoms with Gasteiger partial charge in [0.15, 0.2) is 0 Å². The van der Waals surface area contributed by atoms with Crippen LogP contribution in [0, 0.1) is 6.92 Å². The molecule has 0 saturated carbocycles. The molecule has 2 N–H and O–H groups in total. The van der Waals surface area contributed by atoms with Gasteiger partial charge in [0, 0.05) is 29.0 Å². The second-order valence-electron chi connectivity index (χ2n) is 5.73. The Morgan fingerprint density at radius 3 is 2.64 bits per heavy atom. The van der Waals surface area contributed by atoms with Crippen molar-refractivity contribution in [3.63, 3.8) is 0 Å². The number of nitrogens with one attached hydrogen (secondary N) is 2. The van der Waals surface area contributed by atoms with Crippen LogP contribution in [0.25, 0.3) is 0 Å². The average Bonchev–Trinajstić information content (AvgIpc) is 2.61. The minimum Gasteiger partial charge on any atom is -0.366 e. The van der Waals surface area contributed by atoms with Gasteiger partial charge in [-0.2, -0.15) is 0 Å². The Morgan fingerprint density at radius 2 is 1.88 bits per heavy atom. The Hall–Kier alpha value is -2.85. The topological polar surface area (TPSA) is 54.0 Å². The van der Waals surface area contributed by atoms with Crippen LogP contribution in [0.1, 0.15) is 21.5 Å². The van der Waals surface area contributed by atoms with Crippen LogP contribution in [-0.4, -0.2) is 10.9 Å². The van der Waals surface area contributed by atoms with Crippen LogP contribution >= 0.6 is 11.6 Å². The number of rotatable bonds is 5. The summed E-state index contributed by atoms with van der Waals surface area (Å²) < 4.78 is 0. The van der Waals surface area contributed by atoms with E-state index in [1.807, 2.05) is 0 Å². The van der Waals surface area contributed by atoms with Gasteiger partial charge >= 0.3 is 0 Å². The Kier molecular flexibility index (Phi) is 5.31. The van der Waals surface area contributed by atoms with Gasteiger partial charge in [0.05, 0.1) is 0 Å². The molecule has 3 aromatic rings. The number of pyridine rings is 1. The van der Waals surface area contributed by atoms with Gasteiger partial charge < -0.3 is 10.6 Å². The highest BCUT2D eigenvalue weighted by Crippen LogP contribution is 2.17. The van der Waals surface area contributed by atoms with Crippen molar-refractivity contribution < 1.29 is 4.79 Å². The maximum absolute atomic E-state index is 12.4. The fourth-order valence-corrected chi connectivity index (χ4v) is 2.53. The smallest absolute Gasteiger partial charge is 0.255 e. The summed E-state index contributed by atoms with van der Waals surface area (Å²) in [4.78, 5) is 16.6. The van der Waals surface area contributed by atoms with Crippen LogP contribution in [-0.2, 0) is 6.54 Å². The molecule has 3 rings (SSSR count). The van der Waals surface area contributed by atoms with Crippen LogP contribution in [0.5, 0.6) is 0 Å².